The number of carbonyl (C=O) groups is 3. The van der Waals surface area contributed by atoms with Crippen LogP contribution in [0.3, 0.4) is 0 Å². The zero-order valence-corrected chi connectivity index (χ0v) is 10.5. The number of hydrogen-bond donors (Lipinski definition) is 4. The van der Waals surface area contributed by atoms with Crippen LogP contribution in [0.25, 0.3) is 0 Å². The minimum atomic E-state index is -1.18. The van der Waals surface area contributed by atoms with E-state index >= 15 is 0 Å². The molecule has 0 aromatic heterocycles. The van der Waals surface area contributed by atoms with Crippen molar-refractivity contribution in [3.8, 4) is 0 Å². The van der Waals surface area contributed by atoms with Gasteiger partial charge in [0.2, 0.25) is 5.91 Å². The molecule has 0 heterocycles. The molecule has 0 fully saturated rings. The highest BCUT2D eigenvalue weighted by atomic mass is 16.4. The Kier molecular flexibility index (Phi) is 6.96. The summed E-state index contributed by atoms with van der Waals surface area (Å²) >= 11 is 0. The monoisotopic (exact) mass is 260 g/mol. The largest absolute Gasteiger partial charge is 0.480 e. The van der Waals surface area contributed by atoms with Gasteiger partial charge in [-0.05, 0) is 18.8 Å². The first-order valence-electron chi connectivity index (χ1n) is 5.74. The van der Waals surface area contributed by atoms with E-state index < -0.39 is 29.9 Å². The maximum absolute atomic E-state index is 11.4. The molecular formula is C11H20N2O5. The molecular weight excluding hydrogens is 240 g/mol. The summed E-state index contributed by atoms with van der Waals surface area (Å²) in [6.45, 7) is 3.70. The van der Waals surface area contributed by atoms with Gasteiger partial charge in [-0.2, -0.15) is 0 Å². The summed E-state index contributed by atoms with van der Waals surface area (Å²) in [7, 11) is 0. The number of carboxylic acids is 2. The number of amides is 1. The zero-order valence-electron chi connectivity index (χ0n) is 10.5. The van der Waals surface area contributed by atoms with Crippen molar-refractivity contribution in [2.75, 3.05) is 0 Å². The van der Waals surface area contributed by atoms with Crippen LogP contribution in [0.15, 0.2) is 0 Å². The summed E-state index contributed by atoms with van der Waals surface area (Å²) in [5, 5.41) is 19.8. The summed E-state index contributed by atoms with van der Waals surface area (Å²) in [6.07, 6.45) is 0.205. The van der Waals surface area contributed by atoms with Crippen LogP contribution in [-0.2, 0) is 14.4 Å². The molecule has 0 rings (SSSR count). The molecule has 7 heteroatoms. The first kappa shape index (κ1) is 16.4. The summed E-state index contributed by atoms with van der Waals surface area (Å²) in [6, 6.07) is -2.05. The minimum Gasteiger partial charge on any atom is -0.480 e. The molecule has 1 amide bonds. The van der Waals surface area contributed by atoms with Gasteiger partial charge in [0, 0.05) is 6.42 Å². The van der Waals surface area contributed by atoms with Crippen LogP contribution < -0.4 is 11.1 Å². The average Bonchev–Trinajstić information content (AvgIpc) is 2.23. The zero-order chi connectivity index (χ0) is 14.3. The van der Waals surface area contributed by atoms with E-state index in [9.17, 15) is 14.4 Å². The van der Waals surface area contributed by atoms with E-state index in [-0.39, 0.29) is 18.8 Å². The molecule has 0 bridgehead atoms. The fourth-order valence-electron chi connectivity index (χ4n) is 1.37. The molecule has 0 spiro atoms. The lowest BCUT2D eigenvalue weighted by Gasteiger charge is -2.16. The van der Waals surface area contributed by atoms with Crippen LogP contribution in [0.2, 0.25) is 0 Å². The van der Waals surface area contributed by atoms with Gasteiger partial charge in [-0.25, -0.2) is 4.79 Å². The van der Waals surface area contributed by atoms with Gasteiger partial charge in [0.05, 0.1) is 0 Å². The molecule has 0 saturated heterocycles. The van der Waals surface area contributed by atoms with Gasteiger partial charge in [-0.3, -0.25) is 9.59 Å². The van der Waals surface area contributed by atoms with Gasteiger partial charge < -0.3 is 21.3 Å². The Balaban J connectivity index is 4.18. The fraction of sp³-hybridized carbons (Fsp3) is 0.727. The van der Waals surface area contributed by atoms with E-state index in [4.69, 9.17) is 15.9 Å². The number of carboxylic acid groups (broad SMARTS) is 2. The number of nitrogens with one attached hydrogen (secondary N) is 1. The van der Waals surface area contributed by atoms with E-state index in [2.05, 4.69) is 5.32 Å². The maximum atomic E-state index is 11.4. The highest BCUT2D eigenvalue weighted by Gasteiger charge is 2.21. The lowest BCUT2D eigenvalue weighted by Crippen LogP contribution is -2.42. The predicted molar refractivity (Wildman–Crippen MR) is 63.9 cm³/mol. The number of aliphatic carboxylic acids is 2. The maximum Gasteiger partial charge on any atom is 0.326 e. The van der Waals surface area contributed by atoms with E-state index in [0.717, 1.165) is 0 Å². The lowest BCUT2D eigenvalue weighted by atomic mass is 10.0. The minimum absolute atomic E-state index is 0.0187. The van der Waals surface area contributed by atoms with Crippen LogP contribution in [0.4, 0.5) is 0 Å². The van der Waals surface area contributed by atoms with E-state index in [1.807, 2.05) is 13.8 Å². The number of rotatable bonds is 8. The summed E-state index contributed by atoms with van der Waals surface area (Å²) in [5.41, 5.74) is 5.24. The van der Waals surface area contributed by atoms with Gasteiger partial charge >= 0.3 is 11.9 Å². The Morgan fingerprint density at radius 1 is 1.17 bits per heavy atom. The van der Waals surface area contributed by atoms with Crippen LogP contribution >= 0.6 is 0 Å². The van der Waals surface area contributed by atoms with Gasteiger partial charge in [0.15, 0.2) is 0 Å². The van der Waals surface area contributed by atoms with Crippen LogP contribution in [0, 0.1) is 5.92 Å². The van der Waals surface area contributed by atoms with Crippen molar-refractivity contribution >= 4 is 17.8 Å². The molecule has 0 aliphatic rings. The van der Waals surface area contributed by atoms with Gasteiger partial charge in [-0.1, -0.05) is 13.8 Å². The predicted octanol–water partition coefficient (Wildman–Crippen LogP) is -0.206. The van der Waals surface area contributed by atoms with Crippen molar-refractivity contribution in [3.63, 3.8) is 0 Å². The summed E-state index contributed by atoms with van der Waals surface area (Å²) in [4.78, 5) is 32.8. The molecule has 0 aromatic rings. The average molecular weight is 260 g/mol. The van der Waals surface area contributed by atoms with E-state index in [1.165, 1.54) is 0 Å². The van der Waals surface area contributed by atoms with Gasteiger partial charge in [-0.15, -0.1) is 0 Å². The van der Waals surface area contributed by atoms with Crippen molar-refractivity contribution < 1.29 is 24.6 Å². The third-order valence-corrected chi connectivity index (χ3v) is 2.34. The Labute approximate surface area is 105 Å². The number of hydrogen-bond acceptors (Lipinski definition) is 4. The Morgan fingerprint density at radius 3 is 2.11 bits per heavy atom. The fourth-order valence-corrected chi connectivity index (χ4v) is 1.37. The van der Waals surface area contributed by atoms with Crippen molar-refractivity contribution in [2.45, 2.75) is 45.2 Å². The Morgan fingerprint density at radius 2 is 1.72 bits per heavy atom. The molecule has 5 N–H and O–H groups in total. The summed E-state index contributed by atoms with van der Waals surface area (Å²) in [5.74, 6) is -2.65. The molecule has 0 radical (unpaired) electrons. The van der Waals surface area contributed by atoms with E-state index in [1.54, 1.807) is 0 Å². The van der Waals surface area contributed by atoms with Crippen LogP contribution in [-0.4, -0.2) is 40.1 Å². The molecule has 18 heavy (non-hydrogen) atoms. The van der Waals surface area contributed by atoms with Crippen LogP contribution in [0.1, 0.15) is 33.1 Å². The van der Waals surface area contributed by atoms with Crippen LogP contribution in [0.5, 0.6) is 0 Å². The second-order valence-corrected chi connectivity index (χ2v) is 4.57. The normalized spacial score (nSPS) is 14.0. The van der Waals surface area contributed by atoms with Gasteiger partial charge in [0.25, 0.3) is 0 Å². The third-order valence-electron chi connectivity index (χ3n) is 2.34. The second kappa shape index (κ2) is 7.65. The molecule has 2 atom stereocenters. The van der Waals surface area contributed by atoms with Crippen molar-refractivity contribution in [3.05, 3.63) is 0 Å². The molecule has 0 aromatic carbocycles. The molecule has 0 saturated carbocycles. The Bertz CT molecular complexity index is 317. The summed E-state index contributed by atoms with van der Waals surface area (Å²) < 4.78 is 0. The topological polar surface area (TPSA) is 130 Å². The first-order valence-corrected chi connectivity index (χ1v) is 5.74. The molecule has 104 valence electrons. The highest BCUT2D eigenvalue weighted by Crippen LogP contribution is 2.05. The molecule has 0 aliphatic heterocycles. The van der Waals surface area contributed by atoms with Crippen molar-refractivity contribution in [2.24, 2.45) is 11.7 Å². The second-order valence-electron chi connectivity index (χ2n) is 4.57. The smallest absolute Gasteiger partial charge is 0.326 e. The quantitative estimate of drug-likeness (QED) is 0.478. The molecule has 7 nitrogen and oxygen atoms in total. The van der Waals surface area contributed by atoms with Crippen molar-refractivity contribution in [1.29, 1.82) is 0 Å². The van der Waals surface area contributed by atoms with Crippen molar-refractivity contribution in [1.82, 2.24) is 5.32 Å². The van der Waals surface area contributed by atoms with E-state index in [0.29, 0.717) is 6.42 Å². The third kappa shape index (κ3) is 6.85. The molecule has 0 unspecified atom stereocenters. The highest BCUT2D eigenvalue weighted by molar-refractivity contribution is 5.84. The first-order chi connectivity index (χ1) is 8.23. The number of nitrogens with two attached hydrogens (primary N) is 1. The molecule has 0 aliphatic carbocycles. The standard InChI is InChI=1S/C11H20N2O5/c1-6(2)5-8(11(17)18)13-9(14)4-3-7(12)10(15)16/h6-8H,3-5,12H2,1-2H3,(H,13,14)(H,15,16)(H,17,18)/t7-,8+/m1/s1. The Hall–Kier alpha value is -1.63. The lowest BCUT2D eigenvalue weighted by molar-refractivity contribution is -0.142. The SMILES string of the molecule is CC(C)C[C@H](NC(=O)CC[C@@H](N)C(=O)O)C(=O)O. The number of carbonyl (C=O) groups excluding carboxylic acids is 1. The van der Waals surface area contributed by atoms with Gasteiger partial charge in [0.1, 0.15) is 12.1 Å².